The van der Waals surface area contributed by atoms with Crippen molar-refractivity contribution in [3.63, 3.8) is 0 Å². The van der Waals surface area contributed by atoms with Crippen LogP contribution in [0.4, 0.5) is 0 Å². The van der Waals surface area contributed by atoms with Gasteiger partial charge in [0.15, 0.2) is 9.84 Å². The fourth-order valence-corrected chi connectivity index (χ4v) is 2.84. The summed E-state index contributed by atoms with van der Waals surface area (Å²) in [6, 6.07) is 7.79. The number of amides is 2. The van der Waals surface area contributed by atoms with Crippen molar-refractivity contribution in [3.05, 3.63) is 42.0 Å². The van der Waals surface area contributed by atoms with E-state index in [4.69, 9.17) is 0 Å². The van der Waals surface area contributed by atoms with Gasteiger partial charge in [-0.15, -0.1) is 0 Å². The zero-order valence-corrected chi connectivity index (χ0v) is 9.53. The van der Waals surface area contributed by atoms with E-state index < -0.39 is 27.4 Å². The highest BCUT2D eigenvalue weighted by molar-refractivity contribution is 7.91. The van der Waals surface area contributed by atoms with E-state index in [-0.39, 0.29) is 10.5 Å². The van der Waals surface area contributed by atoms with Gasteiger partial charge < -0.3 is 0 Å². The zero-order valence-electron chi connectivity index (χ0n) is 8.71. The van der Waals surface area contributed by atoms with Gasteiger partial charge in [0.25, 0.3) is 11.8 Å². The Balaban J connectivity index is 2.28. The molecule has 2 amide bonds. The maximum atomic E-state index is 11.9. The summed E-state index contributed by atoms with van der Waals surface area (Å²) in [4.78, 5) is 22.2. The number of benzene rings is 1. The average Bonchev–Trinajstić information content (AvgIpc) is 2.58. The topological polar surface area (TPSA) is 80.3 Å². The molecule has 88 valence electrons. The van der Waals surface area contributed by atoms with Crippen molar-refractivity contribution < 1.29 is 18.0 Å². The predicted molar refractivity (Wildman–Crippen MR) is 59.7 cm³/mol. The van der Waals surface area contributed by atoms with Crippen LogP contribution in [0.2, 0.25) is 0 Å². The minimum atomic E-state index is -3.58. The van der Waals surface area contributed by atoms with Gasteiger partial charge in [-0.05, 0) is 12.1 Å². The van der Waals surface area contributed by atoms with Gasteiger partial charge in [-0.1, -0.05) is 18.2 Å². The molecule has 2 rings (SSSR count). The number of carbonyl (C=O) groups excluding carboxylic acids is 2. The second-order valence-corrected chi connectivity index (χ2v) is 5.55. The Morgan fingerprint density at radius 1 is 1.06 bits per heavy atom. The van der Waals surface area contributed by atoms with Crippen molar-refractivity contribution >= 4 is 21.7 Å². The monoisotopic (exact) mass is 251 g/mol. The number of sulfone groups is 1. The summed E-state index contributed by atoms with van der Waals surface area (Å²) in [5, 5.41) is 2.01. The summed E-state index contributed by atoms with van der Waals surface area (Å²) in [5.41, 5.74) is -0.0288. The molecule has 0 saturated carbocycles. The van der Waals surface area contributed by atoms with Gasteiger partial charge in [-0.25, -0.2) is 8.42 Å². The van der Waals surface area contributed by atoms with Crippen molar-refractivity contribution in [1.82, 2.24) is 5.32 Å². The summed E-state index contributed by atoms with van der Waals surface area (Å²) in [7, 11) is -3.58. The van der Waals surface area contributed by atoms with Crippen LogP contribution in [0, 0.1) is 0 Å². The van der Waals surface area contributed by atoms with E-state index in [1.54, 1.807) is 18.2 Å². The maximum Gasteiger partial charge on any atom is 0.255 e. The van der Waals surface area contributed by atoms with E-state index in [1.807, 2.05) is 5.32 Å². The van der Waals surface area contributed by atoms with E-state index in [1.165, 1.54) is 12.1 Å². The first-order chi connectivity index (χ1) is 7.99. The molecule has 0 saturated heterocycles. The van der Waals surface area contributed by atoms with E-state index in [0.29, 0.717) is 0 Å². The largest absolute Gasteiger partial charge is 0.289 e. The molecule has 1 N–H and O–H groups in total. The molecule has 1 aliphatic rings. The lowest BCUT2D eigenvalue weighted by Gasteiger charge is -2.03. The minimum absolute atomic E-state index is 0.0288. The minimum Gasteiger partial charge on any atom is -0.289 e. The van der Waals surface area contributed by atoms with Crippen LogP contribution in [0.3, 0.4) is 0 Å². The van der Waals surface area contributed by atoms with Crippen LogP contribution in [-0.2, 0) is 19.4 Å². The number of hydrogen-bond donors (Lipinski definition) is 1. The third-order valence-electron chi connectivity index (χ3n) is 2.28. The normalized spacial score (nSPS) is 15.6. The molecule has 17 heavy (non-hydrogen) atoms. The van der Waals surface area contributed by atoms with Crippen LogP contribution in [0.5, 0.6) is 0 Å². The SMILES string of the molecule is O=C1C=C(CS(=O)(=O)c2ccccc2)C(=O)N1. The fourth-order valence-electron chi connectivity index (χ4n) is 1.48. The van der Waals surface area contributed by atoms with Crippen LogP contribution in [0.15, 0.2) is 46.9 Å². The zero-order chi connectivity index (χ0) is 12.5. The Morgan fingerprint density at radius 2 is 1.71 bits per heavy atom. The Morgan fingerprint density at radius 3 is 2.24 bits per heavy atom. The highest BCUT2D eigenvalue weighted by Crippen LogP contribution is 2.15. The lowest BCUT2D eigenvalue weighted by molar-refractivity contribution is -0.123. The van der Waals surface area contributed by atoms with E-state index in [9.17, 15) is 18.0 Å². The smallest absolute Gasteiger partial charge is 0.255 e. The summed E-state index contributed by atoms with van der Waals surface area (Å²) < 4.78 is 23.8. The number of hydrogen-bond acceptors (Lipinski definition) is 4. The fraction of sp³-hybridized carbons (Fsp3) is 0.0909. The molecule has 6 heteroatoms. The predicted octanol–water partition coefficient (Wildman–Crippen LogP) is 0.0431. The second-order valence-electron chi connectivity index (χ2n) is 3.56. The number of carbonyl (C=O) groups is 2. The lowest BCUT2D eigenvalue weighted by atomic mass is 10.3. The number of imide groups is 1. The first kappa shape index (κ1) is 11.5. The molecule has 1 aliphatic heterocycles. The van der Waals surface area contributed by atoms with Crippen molar-refractivity contribution in [1.29, 1.82) is 0 Å². The third-order valence-corrected chi connectivity index (χ3v) is 3.96. The Hall–Kier alpha value is -1.95. The van der Waals surface area contributed by atoms with Gasteiger partial charge in [-0.3, -0.25) is 14.9 Å². The quantitative estimate of drug-likeness (QED) is 0.769. The second kappa shape index (κ2) is 4.14. The molecule has 0 atom stereocenters. The molecular formula is C11H9NO4S. The maximum absolute atomic E-state index is 11.9. The molecule has 0 unspecified atom stereocenters. The molecule has 0 bridgehead atoms. The van der Waals surface area contributed by atoms with Gasteiger partial charge in [0.1, 0.15) is 0 Å². The summed E-state index contributed by atoms with van der Waals surface area (Å²) >= 11 is 0. The molecule has 1 heterocycles. The van der Waals surface area contributed by atoms with Gasteiger partial charge in [-0.2, -0.15) is 0 Å². The molecular weight excluding hydrogens is 242 g/mol. The first-order valence-corrected chi connectivity index (χ1v) is 6.48. The molecule has 0 fully saturated rings. The average molecular weight is 251 g/mol. The standard InChI is InChI=1S/C11H9NO4S/c13-10-6-8(11(14)12-10)7-17(15,16)9-4-2-1-3-5-9/h1-6H,7H2,(H,12,13,14). The lowest BCUT2D eigenvalue weighted by Crippen LogP contribution is -2.24. The van der Waals surface area contributed by atoms with E-state index in [2.05, 4.69) is 0 Å². The summed E-state index contributed by atoms with van der Waals surface area (Å²) in [6.45, 7) is 0. The summed E-state index contributed by atoms with van der Waals surface area (Å²) in [5.74, 6) is -1.68. The Bertz CT molecular complexity index is 602. The molecule has 0 spiro atoms. The van der Waals surface area contributed by atoms with Crippen molar-refractivity contribution in [2.45, 2.75) is 4.90 Å². The van der Waals surface area contributed by atoms with Crippen LogP contribution in [-0.4, -0.2) is 26.0 Å². The highest BCUT2D eigenvalue weighted by Gasteiger charge is 2.26. The summed E-state index contributed by atoms with van der Waals surface area (Å²) in [6.07, 6.45) is 1.02. The Labute approximate surface area is 98.1 Å². The van der Waals surface area contributed by atoms with Gasteiger partial charge in [0, 0.05) is 11.6 Å². The molecule has 0 aromatic heterocycles. The number of rotatable bonds is 3. The van der Waals surface area contributed by atoms with Crippen LogP contribution in [0.1, 0.15) is 0 Å². The van der Waals surface area contributed by atoms with Crippen LogP contribution in [0.25, 0.3) is 0 Å². The molecule has 0 radical (unpaired) electrons. The Kier molecular flexibility index (Phi) is 2.81. The molecule has 0 aliphatic carbocycles. The molecule has 5 nitrogen and oxygen atoms in total. The number of nitrogens with one attached hydrogen (secondary N) is 1. The van der Waals surface area contributed by atoms with Crippen molar-refractivity contribution in [2.75, 3.05) is 5.75 Å². The third kappa shape index (κ3) is 2.42. The van der Waals surface area contributed by atoms with Gasteiger partial charge in [0.2, 0.25) is 0 Å². The van der Waals surface area contributed by atoms with Crippen molar-refractivity contribution in [3.8, 4) is 0 Å². The van der Waals surface area contributed by atoms with Gasteiger partial charge >= 0.3 is 0 Å². The van der Waals surface area contributed by atoms with E-state index >= 15 is 0 Å². The first-order valence-electron chi connectivity index (χ1n) is 4.83. The molecule has 1 aromatic carbocycles. The van der Waals surface area contributed by atoms with Crippen LogP contribution >= 0.6 is 0 Å². The molecule has 1 aromatic rings. The van der Waals surface area contributed by atoms with Crippen molar-refractivity contribution in [2.24, 2.45) is 0 Å². The highest BCUT2D eigenvalue weighted by atomic mass is 32.2. The van der Waals surface area contributed by atoms with E-state index in [0.717, 1.165) is 6.08 Å². The van der Waals surface area contributed by atoms with Crippen LogP contribution < -0.4 is 5.32 Å². The van der Waals surface area contributed by atoms with Gasteiger partial charge in [0.05, 0.1) is 10.6 Å².